The van der Waals surface area contributed by atoms with Crippen molar-refractivity contribution in [3.8, 4) is 0 Å². The topological polar surface area (TPSA) is 86.8 Å². The summed E-state index contributed by atoms with van der Waals surface area (Å²) in [5.41, 5.74) is 0.943. The molecule has 180 valence electrons. The number of amides is 2. The summed E-state index contributed by atoms with van der Waals surface area (Å²) in [7, 11) is -3.86. The van der Waals surface area contributed by atoms with E-state index in [1.54, 1.807) is 6.92 Å². The summed E-state index contributed by atoms with van der Waals surface area (Å²) >= 11 is 12.2. The Hall–Kier alpha value is -2.29. The third-order valence-corrected chi connectivity index (χ3v) is 6.57. The molecule has 0 heterocycles. The molecule has 33 heavy (non-hydrogen) atoms. The number of sulfonamides is 1. The van der Waals surface area contributed by atoms with Crippen LogP contribution in [0, 0.1) is 5.92 Å². The molecule has 10 heteroatoms. The molecule has 0 aliphatic carbocycles. The Morgan fingerprint density at radius 2 is 1.67 bits per heavy atom. The highest BCUT2D eigenvalue weighted by Crippen LogP contribution is 2.30. The first-order chi connectivity index (χ1) is 15.4. The van der Waals surface area contributed by atoms with Gasteiger partial charge in [-0.25, -0.2) is 8.42 Å². The predicted molar refractivity (Wildman–Crippen MR) is 133 cm³/mol. The van der Waals surface area contributed by atoms with Crippen molar-refractivity contribution in [3.05, 3.63) is 64.1 Å². The first-order valence-corrected chi connectivity index (χ1v) is 13.0. The van der Waals surface area contributed by atoms with Crippen LogP contribution in [-0.2, 0) is 26.2 Å². The maximum atomic E-state index is 13.4. The smallest absolute Gasteiger partial charge is 0.244 e. The molecule has 0 spiro atoms. The number of anilines is 1. The van der Waals surface area contributed by atoms with Crippen molar-refractivity contribution in [3.63, 3.8) is 0 Å². The maximum absolute atomic E-state index is 13.4. The number of nitrogens with one attached hydrogen (secondary N) is 1. The zero-order chi connectivity index (χ0) is 24.8. The summed E-state index contributed by atoms with van der Waals surface area (Å²) in [5, 5.41) is 3.27. The zero-order valence-corrected chi connectivity index (χ0v) is 21.4. The van der Waals surface area contributed by atoms with Gasteiger partial charge in [0.1, 0.15) is 12.6 Å². The van der Waals surface area contributed by atoms with E-state index in [1.165, 1.54) is 23.1 Å². The van der Waals surface area contributed by atoms with Crippen LogP contribution >= 0.6 is 23.2 Å². The van der Waals surface area contributed by atoms with Crippen LogP contribution in [0.5, 0.6) is 0 Å². The van der Waals surface area contributed by atoms with Crippen LogP contribution in [0.3, 0.4) is 0 Å². The molecular weight excluding hydrogens is 485 g/mol. The second-order valence-corrected chi connectivity index (χ2v) is 10.9. The number of carbonyl (C=O) groups excluding carboxylic acids is 2. The van der Waals surface area contributed by atoms with E-state index in [9.17, 15) is 18.0 Å². The van der Waals surface area contributed by atoms with Gasteiger partial charge in [-0.3, -0.25) is 13.9 Å². The van der Waals surface area contributed by atoms with Crippen LogP contribution < -0.4 is 9.62 Å². The summed E-state index contributed by atoms with van der Waals surface area (Å²) in [6.07, 6.45) is 0.992. The molecule has 7 nitrogen and oxygen atoms in total. The quantitative estimate of drug-likeness (QED) is 0.520. The maximum Gasteiger partial charge on any atom is 0.244 e. The van der Waals surface area contributed by atoms with E-state index < -0.39 is 28.5 Å². The van der Waals surface area contributed by atoms with Crippen LogP contribution in [0.4, 0.5) is 5.69 Å². The molecule has 0 fully saturated rings. The van der Waals surface area contributed by atoms with E-state index in [1.807, 2.05) is 44.2 Å². The minimum atomic E-state index is -3.86. The molecule has 0 radical (unpaired) electrons. The van der Waals surface area contributed by atoms with Gasteiger partial charge < -0.3 is 10.2 Å². The van der Waals surface area contributed by atoms with Gasteiger partial charge in [0.2, 0.25) is 21.8 Å². The van der Waals surface area contributed by atoms with Crippen molar-refractivity contribution in [2.45, 2.75) is 33.4 Å². The van der Waals surface area contributed by atoms with E-state index in [-0.39, 0.29) is 29.1 Å². The average molecular weight is 514 g/mol. The Labute approximate surface area is 205 Å². The molecule has 0 aliphatic heterocycles. The monoisotopic (exact) mass is 513 g/mol. The van der Waals surface area contributed by atoms with Crippen molar-refractivity contribution < 1.29 is 18.0 Å². The largest absolute Gasteiger partial charge is 0.354 e. The Kier molecular flexibility index (Phi) is 9.57. The Morgan fingerprint density at radius 1 is 1.03 bits per heavy atom. The summed E-state index contributed by atoms with van der Waals surface area (Å²) < 4.78 is 26.0. The fourth-order valence-corrected chi connectivity index (χ4v) is 4.52. The number of halogens is 2. The fourth-order valence-electron chi connectivity index (χ4n) is 3.09. The Balaban J connectivity index is 2.37. The zero-order valence-electron chi connectivity index (χ0n) is 19.1. The van der Waals surface area contributed by atoms with E-state index in [0.29, 0.717) is 11.6 Å². The van der Waals surface area contributed by atoms with Crippen LogP contribution in [0.2, 0.25) is 10.0 Å². The van der Waals surface area contributed by atoms with E-state index in [2.05, 4.69) is 5.32 Å². The van der Waals surface area contributed by atoms with Crippen molar-refractivity contribution in [2.75, 3.05) is 23.7 Å². The number of carbonyl (C=O) groups is 2. The standard InChI is InChI=1S/C23H29Cl2N3O4S/c1-16(2)13-26-23(30)17(3)27(14-18-8-6-5-7-9-18)22(29)15-28(33(4,31)32)21-11-10-19(24)12-20(21)25/h5-12,16-17H,13-15H2,1-4H3,(H,26,30)/t17-/m1/s1. The van der Waals surface area contributed by atoms with Crippen molar-refractivity contribution >= 4 is 50.7 Å². The van der Waals surface area contributed by atoms with Crippen LogP contribution in [0.15, 0.2) is 48.5 Å². The van der Waals surface area contributed by atoms with Crippen molar-refractivity contribution in [2.24, 2.45) is 5.92 Å². The highest BCUT2D eigenvalue weighted by molar-refractivity contribution is 7.92. The normalized spacial score (nSPS) is 12.3. The lowest BCUT2D eigenvalue weighted by molar-refractivity contribution is -0.139. The van der Waals surface area contributed by atoms with Gasteiger partial charge in [0.15, 0.2) is 0 Å². The third-order valence-electron chi connectivity index (χ3n) is 4.91. The molecule has 2 aromatic rings. The number of hydrogen-bond acceptors (Lipinski definition) is 4. The molecule has 0 bridgehead atoms. The van der Waals surface area contributed by atoms with Crippen molar-refractivity contribution in [1.82, 2.24) is 10.2 Å². The first-order valence-electron chi connectivity index (χ1n) is 10.4. The van der Waals surface area contributed by atoms with Gasteiger partial charge in [0, 0.05) is 18.1 Å². The molecule has 1 atom stereocenters. The summed E-state index contributed by atoms with van der Waals surface area (Å²) in [5.74, 6) is -0.613. The molecule has 0 unspecified atom stereocenters. The number of benzene rings is 2. The first kappa shape index (κ1) is 27.0. The lowest BCUT2D eigenvalue weighted by atomic mass is 10.1. The molecule has 2 aromatic carbocycles. The molecule has 0 saturated carbocycles. The molecule has 0 saturated heterocycles. The van der Waals surface area contributed by atoms with E-state index in [4.69, 9.17) is 23.2 Å². The van der Waals surface area contributed by atoms with Gasteiger partial charge >= 0.3 is 0 Å². The van der Waals surface area contributed by atoms with Gasteiger partial charge in [0.25, 0.3) is 0 Å². The molecular formula is C23H29Cl2N3O4S. The highest BCUT2D eigenvalue weighted by atomic mass is 35.5. The van der Waals surface area contributed by atoms with Gasteiger partial charge in [-0.1, -0.05) is 67.4 Å². The van der Waals surface area contributed by atoms with Crippen molar-refractivity contribution in [1.29, 1.82) is 0 Å². The third kappa shape index (κ3) is 7.91. The Morgan fingerprint density at radius 3 is 2.21 bits per heavy atom. The molecule has 2 rings (SSSR count). The lowest BCUT2D eigenvalue weighted by Gasteiger charge is -2.31. The molecule has 0 aliphatic rings. The number of nitrogens with zero attached hydrogens (tertiary/aromatic N) is 2. The molecule has 2 amide bonds. The summed E-state index contributed by atoms with van der Waals surface area (Å²) in [4.78, 5) is 27.5. The van der Waals surface area contributed by atoms with Gasteiger partial charge in [0.05, 0.1) is 17.0 Å². The van der Waals surface area contributed by atoms with Crippen LogP contribution in [0.25, 0.3) is 0 Å². The second kappa shape index (κ2) is 11.7. The van der Waals surface area contributed by atoms with Gasteiger partial charge in [-0.2, -0.15) is 0 Å². The Bertz CT molecular complexity index is 1080. The fraction of sp³-hybridized carbons (Fsp3) is 0.391. The minimum Gasteiger partial charge on any atom is -0.354 e. The average Bonchev–Trinajstić information content (AvgIpc) is 2.74. The number of rotatable bonds is 10. The predicted octanol–water partition coefficient (Wildman–Crippen LogP) is 3.95. The van der Waals surface area contributed by atoms with E-state index >= 15 is 0 Å². The summed E-state index contributed by atoms with van der Waals surface area (Å²) in [6, 6.07) is 12.7. The minimum absolute atomic E-state index is 0.0954. The SMILES string of the molecule is CC(C)CNC(=O)[C@@H](C)N(Cc1ccccc1)C(=O)CN(c1ccc(Cl)cc1Cl)S(C)(=O)=O. The lowest BCUT2D eigenvalue weighted by Crippen LogP contribution is -2.51. The van der Waals surface area contributed by atoms with Crippen LogP contribution in [-0.4, -0.2) is 50.5 Å². The second-order valence-electron chi connectivity index (χ2n) is 8.19. The number of hydrogen-bond donors (Lipinski definition) is 1. The van der Waals surface area contributed by atoms with E-state index in [0.717, 1.165) is 16.1 Å². The van der Waals surface area contributed by atoms with Crippen LogP contribution in [0.1, 0.15) is 26.3 Å². The molecule has 1 N–H and O–H groups in total. The van der Waals surface area contributed by atoms with Gasteiger partial charge in [-0.15, -0.1) is 0 Å². The van der Waals surface area contributed by atoms with Gasteiger partial charge in [-0.05, 0) is 36.6 Å². The molecule has 0 aromatic heterocycles. The highest BCUT2D eigenvalue weighted by Gasteiger charge is 2.30. The summed E-state index contributed by atoms with van der Waals surface area (Å²) in [6.45, 7) is 5.65.